The molecule has 0 spiro atoms. The molecule has 4 nitrogen and oxygen atoms in total. The molecule has 4 heteroatoms. The zero-order valence-corrected chi connectivity index (χ0v) is 10.0. The van der Waals surface area contributed by atoms with Crippen LogP contribution in [0.3, 0.4) is 0 Å². The average molecular weight is 241 g/mol. The van der Waals surface area contributed by atoms with Crippen LogP contribution in [-0.2, 0) is 6.42 Å². The molecule has 1 aliphatic heterocycles. The van der Waals surface area contributed by atoms with Crippen LogP contribution >= 0.6 is 0 Å². The van der Waals surface area contributed by atoms with Crippen LogP contribution in [0.25, 0.3) is 0 Å². The standard InChI is InChI=1S/C14H15N3O/c18-14(16-17-8-1-2-9-17)12-5-6-13-11(10-12)4-3-7-15-13/h1-2,5-6,8-10,15H,3-4,7H2,(H,16,18). The number of aryl methyl sites for hydroxylation is 1. The number of aromatic nitrogens is 1. The summed E-state index contributed by atoms with van der Waals surface area (Å²) in [6.07, 6.45) is 5.76. The molecule has 1 aromatic heterocycles. The predicted molar refractivity (Wildman–Crippen MR) is 71.4 cm³/mol. The van der Waals surface area contributed by atoms with Crippen molar-refractivity contribution in [3.63, 3.8) is 0 Å². The highest BCUT2D eigenvalue weighted by Gasteiger charge is 2.12. The Kier molecular flexibility index (Phi) is 2.76. The Morgan fingerprint density at radius 3 is 2.94 bits per heavy atom. The maximum Gasteiger partial charge on any atom is 0.270 e. The number of hydrogen-bond donors (Lipinski definition) is 2. The van der Waals surface area contributed by atoms with Crippen LogP contribution in [-0.4, -0.2) is 17.1 Å². The van der Waals surface area contributed by atoms with Gasteiger partial charge in [0.15, 0.2) is 0 Å². The third kappa shape index (κ3) is 2.09. The number of rotatable bonds is 2. The first-order valence-electron chi connectivity index (χ1n) is 6.14. The third-order valence-electron chi connectivity index (χ3n) is 3.14. The number of nitrogens with zero attached hydrogens (tertiary/aromatic N) is 1. The molecule has 0 radical (unpaired) electrons. The Bertz CT molecular complexity index is 560. The molecule has 2 aromatic rings. The van der Waals surface area contributed by atoms with Crippen LogP contribution in [0.2, 0.25) is 0 Å². The molecular weight excluding hydrogens is 226 g/mol. The lowest BCUT2D eigenvalue weighted by Crippen LogP contribution is -2.22. The average Bonchev–Trinajstić information content (AvgIpc) is 2.91. The van der Waals surface area contributed by atoms with Gasteiger partial charge in [-0.1, -0.05) is 0 Å². The number of fused-ring (bicyclic) bond motifs is 1. The van der Waals surface area contributed by atoms with Crippen LogP contribution in [0.4, 0.5) is 5.69 Å². The van der Waals surface area contributed by atoms with E-state index in [4.69, 9.17) is 0 Å². The molecule has 0 atom stereocenters. The molecular formula is C14H15N3O. The molecule has 0 aliphatic carbocycles. The van der Waals surface area contributed by atoms with E-state index < -0.39 is 0 Å². The zero-order valence-electron chi connectivity index (χ0n) is 10.0. The van der Waals surface area contributed by atoms with Crippen molar-refractivity contribution in [1.82, 2.24) is 4.68 Å². The van der Waals surface area contributed by atoms with E-state index in [1.807, 2.05) is 30.3 Å². The van der Waals surface area contributed by atoms with Gasteiger partial charge < -0.3 is 5.32 Å². The van der Waals surface area contributed by atoms with E-state index in [0.29, 0.717) is 5.56 Å². The van der Waals surface area contributed by atoms with Crippen LogP contribution in [0.5, 0.6) is 0 Å². The van der Waals surface area contributed by atoms with Crippen LogP contribution < -0.4 is 10.7 Å². The molecule has 0 bridgehead atoms. The zero-order chi connectivity index (χ0) is 12.4. The van der Waals surface area contributed by atoms with E-state index in [-0.39, 0.29) is 5.91 Å². The van der Waals surface area contributed by atoms with Crippen molar-refractivity contribution in [1.29, 1.82) is 0 Å². The second kappa shape index (κ2) is 4.56. The lowest BCUT2D eigenvalue weighted by molar-refractivity contribution is 0.101. The number of benzene rings is 1. The third-order valence-corrected chi connectivity index (χ3v) is 3.14. The Hall–Kier alpha value is -2.23. The number of hydrogen-bond acceptors (Lipinski definition) is 2. The quantitative estimate of drug-likeness (QED) is 0.847. The van der Waals surface area contributed by atoms with E-state index in [9.17, 15) is 4.79 Å². The summed E-state index contributed by atoms with van der Waals surface area (Å²) in [5.41, 5.74) is 5.88. The van der Waals surface area contributed by atoms with Crippen molar-refractivity contribution in [2.75, 3.05) is 17.3 Å². The Morgan fingerprint density at radius 1 is 1.28 bits per heavy atom. The molecule has 2 N–H and O–H groups in total. The Balaban J connectivity index is 1.81. The fourth-order valence-corrected chi connectivity index (χ4v) is 2.21. The molecule has 3 rings (SSSR count). The molecule has 1 aromatic carbocycles. The molecule has 2 heterocycles. The first-order valence-corrected chi connectivity index (χ1v) is 6.14. The highest BCUT2D eigenvalue weighted by Crippen LogP contribution is 2.22. The number of nitrogens with one attached hydrogen (secondary N) is 2. The number of anilines is 1. The summed E-state index contributed by atoms with van der Waals surface area (Å²) in [5.74, 6) is -0.0837. The molecule has 0 fully saturated rings. The summed E-state index contributed by atoms with van der Waals surface area (Å²) >= 11 is 0. The number of carbonyl (C=O) groups is 1. The van der Waals surface area contributed by atoms with Crippen LogP contribution in [0.15, 0.2) is 42.7 Å². The monoisotopic (exact) mass is 241 g/mol. The Morgan fingerprint density at radius 2 is 2.11 bits per heavy atom. The largest absolute Gasteiger partial charge is 0.385 e. The van der Waals surface area contributed by atoms with Crippen molar-refractivity contribution in [3.05, 3.63) is 53.9 Å². The van der Waals surface area contributed by atoms with E-state index in [1.165, 1.54) is 5.56 Å². The van der Waals surface area contributed by atoms with Crippen molar-refractivity contribution in [2.24, 2.45) is 0 Å². The fourth-order valence-electron chi connectivity index (χ4n) is 2.21. The predicted octanol–water partition coefficient (Wildman–Crippen LogP) is 2.23. The van der Waals surface area contributed by atoms with Gasteiger partial charge in [-0.3, -0.25) is 14.9 Å². The van der Waals surface area contributed by atoms with Gasteiger partial charge in [0.2, 0.25) is 0 Å². The summed E-state index contributed by atoms with van der Waals surface area (Å²) in [5, 5.41) is 3.34. The summed E-state index contributed by atoms with van der Waals surface area (Å²) in [6, 6.07) is 9.56. The maximum absolute atomic E-state index is 12.0. The first kappa shape index (κ1) is 10.9. The molecule has 1 amide bonds. The van der Waals surface area contributed by atoms with Crippen LogP contribution in [0.1, 0.15) is 22.3 Å². The lowest BCUT2D eigenvalue weighted by Gasteiger charge is -2.18. The topological polar surface area (TPSA) is 46.1 Å². The summed E-state index contributed by atoms with van der Waals surface area (Å²) < 4.78 is 1.65. The highest BCUT2D eigenvalue weighted by atomic mass is 16.2. The van der Waals surface area contributed by atoms with Gasteiger partial charge in [0.05, 0.1) is 0 Å². The van der Waals surface area contributed by atoms with Gasteiger partial charge in [0.25, 0.3) is 5.91 Å². The van der Waals surface area contributed by atoms with E-state index in [0.717, 1.165) is 25.1 Å². The van der Waals surface area contributed by atoms with E-state index in [1.54, 1.807) is 17.1 Å². The fraction of sp³-hybridized carbons (Fsp3) is 0.214. The molecule has 1 aliphatic rings. The van der Waals surface area contributed by atoms with Gasteiger partial charge in [-0.25, -0.2) is 0 Å². The van der Waals surface area contributed by atoms with Gasteiger partial charge in [-0.15, -0.1) is 0 Å². The van der Waals surface area contributed by atoms with Crippen molar-refractivity contribution < 1.29 is 4.79 Å². The van der Waals surface area contributed by atoms with E-state index >= 15 is 0 Å². The molecule has 0 saturated carbocycles. The molecule has 92 valence electrons. The smallest absolute Gasteiger partial charge is 0.270 e. The Labute approximate surface area is 106 Å². The summed E-state index contributed by atoms with van der Waals surface area (Å²) in [7, 11) is 0. The van der Waals surface area contributed by atoms with Crippen molar-refractivity contribution in [2.45, 2.75) is 12.8 Å². The van der Waals surface area contributed by atoms with Crippen molar-refractivity contribution in [3.8, 4) is 0 Å². The highest BCUT2D eigenvalue weighted by molar-refractivity contribution is 6.00. The van der Waals surface area contributed by atoms with Crippen molar-refractivity contribution >= 4 is 11.6 Å². The van der Waals surface area contributed by atoms with Gasteiger partial charge >= 0.3 is 0 Å². The lowest BCUT2D eigenvalue weighted by atomic mass is 10.0. The van der Waals surface area contributed by atoms with Crippen LogP contribution in [0, 0.1) is 0 Å². The maximum atomic E-state index is 12.0. The second-order valence-corrected chi connectivity index (χ2v) is 4.43. The van der Waals surface area contributed by atoms with Gasteiger partial charge in [0, 0.05) is 30.2 Å². The summed E-state index contributed by atoms with van der Waals surface area (Å²) in [6.45, 7) is 1.02. The normalized spacial score (nSPS) is 13.6. The van der Waals surface area contributed by atoms with Gasteiger partial charge in [-0.2, -0.15) is 0 Å². The molecule has 0 unspecified atom stereocenters. The minimum Gasteiger partial charge on any atom is -0.385 e. The number of amides is 1. The van der Waals surface area contributed by atoms with E-state index in [2.05, 4.69) is 10.7 Å². The second-order valence-electron chi connectivity index (χ2n) is 4.43. The number of carbonyl (C=O) groups excluding carboxylic acids is 1. The van der Waals surface area contributed by atoms with Gasteiger partial charge in [-0.05, 0) is 48.7 Å². The first-order chi connectivity index (χ1) is 8.83. The minimum atomic E-state index is -0.0837. The molecule has 0 saturated heterocycles. The van der Waals surface area contributed by atoms with Gasteiger partial charge in [0.1, 0.15) is 0 Å². The molecule has 18 heavy (non-hydrogen) atoms. The SMILES string of the molecule is O=C(Nn1cccc1)c1ccc2c(c1)CCCN2. The minimum absolute atomic E-state index is 0.0837. The summed E-state index contributed by atoms with van der Waals surface area (Å²) in [4.78, 5) is 12.0.